The van der Waals surface area contributed by atoms with Crippen molar-refractivity contribution in [1.82, 2.24) is 5.32 Å². The van der Waals surface area contributed by atoms with Crippen LogP contribution < -0.4 is 5.32 Å². The van der Waals surface area contributed by atoms with Crippen molar-refractivity contribution in [2.45, 2.75) is 44.6 Å². The fourth-order valence-corrected chi connectivity index (χ4v) is 2.61. The van der Waals surface area contributed by atoms with Crippen LogP contribution in [-0.2, 0) is 0 Å². The quantitative estimate of drug-likeness (QED) is 0.839. The molecule has 0 radical (unpaired) electrons. The van der Waals surface area contributed by atoms with Crippen LogP contribution in [0.4, 0.5) is 0 Å². The number of nitrogens with one attached hydrogen (secondary N) is 1. The van der Waals surface area contributed by atoms with Crippen molar-refractivity contribution < 1.29 is 0 Å². The summed E-state index contributed by atoms with van der Waals surface area (Å²) in [5.74, 6) is 0.618. The second kappa shape index (κ2) is 5.70. The second-order valence-corrected chi connectivity index (χ2v) is 5.27. The first-order valence-electron chi connectivity index (χ1n) is 6.24. The maximum absolute atomic E-state index is 5.90. The van der Waals surface area contributed by atoms with Gasteiger partial charge >= 0.3 is 0 Å². The van der Waals surface area contributed by atoms with Gasteiger partial charge in [0.2, 0.25) is 0 Å². The van der Waals surface area contributed by atoms with E-state index in [2.05, 4.69) is 24.4 Å². The van der Waals surface area contributed by atoms with Crippen LogP contribution in [-0.4, -0.2) is 12.6 Å². The van der Waals surface area contributed by atoms with E-state index in [4.69, 9.17) is 11.6 Å². The first-order valence-corrected chi connectivity index (χ1v) is 6.62. The molecule has 1 heterocycles. The molecule has 88 valence electrons. The molecule has 0 aromatic heterocycles. The minimum absolute atomic E-state index is 0.618. The molecule has 1 aromatic carbocycles. The van der Waals surface area contributed by atoms with Crippen LogP contribution in [0.1, 0.15) is 44.1 Å². The van der Waals surface area contributed by atoms with Crippen molar-refractivity contribution in [3.8, 4) is 0 Å². The number of piperidine rings is 1. The Bertz CT molecular complexity index is 314. The Morgan fingerprint density at radius 1 is 1.31 bits per heavy atom. The number of rotatable bonds is 3. The van der Waals surface area contributed by atoms with E-state index < -0.39 is 0 Å². The van der Waals surface area contributed by atoms with Gasteiger partial charge in [-0.3, -0.25) is 0 Å². The van der Waals surface area contributed by atoms with E-state index in [1.807, 2.05) is 12.1 Å². The van der Waals surface area contributed by atoms with Crippen LogP contribution in [0.3, 0.4) is 0 Å². The Kier molecular flexibility index (Phi) is 4.25. The molecule has 2 unspecified atom stereocenters. The largest absolute Gasteiger partial charge is 0.314 e. The average Bonchev–Trinajstić information content (AvgIpc) is 2.31. The summed E-state index contributed by atoms with van der Waals surface area (Å²) < 4.78 is 0. The Balaban J connectivity index is 1.91. The molecule has 0 bridgehead atoms. The highest BCUT2D eigenvalue weighted by molar-refractivity contribution is 6.30. The topological polar surface area (TPSA) is 12.0 Å². The highest BCUT2D eigenvalue weighted by Crippen LogP contribution is 2.24. The molecule has 1 aliphatic heterocycles. The first kappa shape index (κ1) is 11.9. The van der Waals surface area contributed by atoms with Crippen molar-refractivity contribution in [3.05, 3.63) is 34.9 Å². The van der Waals surface area contributed by atoms with Crippen molar-refractivity contribution >= 4 is 11.6 Å². The summed E-state index contributed by atoms with van der Waals surface area (Å²) in [5.41, 5.74) is 1.40. The Labute approximate surface area is 103 Å². The van der Waals surface area contributed by atoms with Crippen LogP contribution in [0, 0.1) is 0 Å². The lowest BCUT2D eigenvalue weighted by atomic mass is 9.90. The molecule has 1 aliphatic rings. The van der Waals surface area contributed by atoms with Crippen LogP contribution in [0.5, 0.6) is 0 Å². The standard InChI is InChI=1S/C14H20ClN/c1-11(10-14-4-2-3-9-16-14)12-5-7-13(15)8-6-12/h5-8,11,14,16H,2-4,9-10H2,1H3. The predicted octanol–water partition coefficient (Wildman–Crippen LogP) is 3.98. The summed E-state index contributed by atoms with van der Waals surface area (Å²) in [6.07, 6.45) is 5.29. The summed E-state index contributed by atoms with van der Waals surface area (Å²) in [6.45, 7) is 3.50. The lowest BCUT2D eigenvalue weighted by molar-refractivity contribution is 0.366. The van der Waals surface area contributed by atoms with Crippen molar-refractivity contribution in [2.75, 3.05) is 6.54 Å². The van der Waals surface area contributed by atoms with E-state index in [0.29, 0.717) is 12.0 Å². The molecule has 16 heavy (non-hydrogen) atoms. The molecule has 1 N–H and O–H groups in total. The van der Waals surface area contributed by atoms with E-state index >= 15 is 0 Å². The number of halogens is 1. The number of benzene rings is 1. The van der Waals surface area contributed by atoms with Crippen molar-refractivity contribution in [3.63, 3.8) is 0 Å². The Hall–Kier alpha value is -0.530. The van der Waals surface area contributed by atoms with E-state index in [-0.39, 0.29) is 0 Å². The lowest BCUT2D eigenvalue weighted by Gasteiger charge is -2.26. The van der Waals surface area contributed by atoms with Crippen molar-refractivity contribution in [1.29, 1.82) is 0 Å². The smallest absolute Gasteiger partial charge is 0.0406 e. The minimum atomic E-state index is 0.618. The summed E-state index contributed by atoms with van der Waals surface area (Å²) in [6, 6.07) is 8.98. The van der Waals surface area contributed by atoms with Gasteiger partial charge in [0.1, 0.15) is 0 Å². The molecule has 2 heteroatoms. The van der Waals surface area contributed by atoms with Crippen LogP contribution >= 0.6 is 11.6 Å². The molecule has 2 rings (SSSR count). The van der Waals surface area contributed by atoms with Crippen LogP contribution in [0.25, 0.3) is 0 Å². The second-order valence-electron chi connectivity index (χ2n) is 4.84. The third kappa shape index (κ3) is 3.23. The van der Waals surface area contributed by atoms with E-state index in [1.54, 1.807) is 0 Å². The van der Waals surface area contributed by atoms with Crippen molar-refractivity contribution in [2.24, 2.45) is 0 Å². The molecule has 1 fully saturated rings. The van der Waals surface area contributed by atoms with E-state index in [0.717, 1.165) is 5.02 Å². The lowest BCUT2D eigenvalue weighted by Crippen LogP contribution is -2.34. The SMILES string of the molecule is CC(CC1CCCCN1)c1ccc(Cl)cc1. The monoisotopic (exact) mass is 237 g/mol. The highest BCUT2D eigenvalue weighted by Gasteiger charge is 2.16. The maximum Gasteiger partial charge on any atom is 0.0406 e. The van der Waals surface area contributed by atoms with Gasteiger partial charge in [-0.15, -0.1) is 0 Å². The summed E-state index contributed by atoms with van der Waals surface area (Å²) in [5, 5.41) is 4.43. The van der Waals surface area contributed by atoms with E-state index in [9.17, 15) is 0 Å². The van der Waals surface area contributed by atoms with Crippen LogP contribution in [0.2, 0.25) is 5.02 Å². The third-order valence-electron chi connectivity index (χ3n) is 3.49. The van der Waals surface area contributed by atoms with Gasteiger partial charge in [0.25, 0.3) is 0 Å². The molecule has 2 atom stereocenters. The van der Waals surface area contributed by atoms with Gasteiger partial charge in [-0.05, 0) is 49.4 Å². The number of hydrogen-bond donors (Lipinski definition) is 1. The van der Waals surface area contributed by atoms with Gasteiger partial charge in [0.15, 0.2) is 0 Å². The summed E-state index contributed by atoms with van der Waals surface area (Å²) in [4.78, 5) is 0. The zero-order chi connectivity index (χ0) is 11.4. The normalized spacial score (nSPS) is 23.0. The van der Waals surface area contributed by atoms with E-state index in [1.165, 1.54) is 37.8 Å². The molecule has 0 spiro atoms. The molecule has 0 saturated carbocycles. The fraction of sp³-hybridized carbons (Fsp3) is 0.571. The fourth-order valence-electron chi connectivity index (χ4n) is 2.48. The molecule has 1 aromatic rings. The Morgan fingerprint density at radius 2 is 2.06 bits per heavy atom. The van der Waals surface area contributed by atoms with Gasteiger partial charge in [-0.2, -0.15) is 0 Å². The van der Waals surface area contributed by atoms with Crippen LogP contribution in [0.15, 0.2) is 24.3 Å². The highest BCUT2D eigenvalue weighted by atomic mass is 35.5. The summed E-state index contributed by atoms with van der Waals surface area (Å²) >= 11 is 5.90. The predicted molar refractivity (Wildman–Crippen MR) is 70.1 cm³/mol. The molecule has 0 aliphatic carbocycles. The maximum atomic E-state index is 5.90. The number of hydrogen-bond acceptors (Lipinski definition) is 1. The first-order chi connectivity index (χ1) is 7.75. The minimum Gasteiger partial charge on any atom is -0.314 e. The summed E-state index contributed by atoms with van der Waals surface area (Å²) in [7, 11) is 0. The molecule has 1 saturated heterocycles. The average molecular weight is 238 g/mol. The van der Waals surface area contributed by atoms with Gasteiger partial charge < -0.3 is 5.32 Å². The van der Waals surface area contributed by atoms with Gasteiger partial charge in [-0.25, -0.2) is 0 Å². The molecular weight excluding hydrogens is 218 g/mol. The van der Waals surface area contributed by atoms with Gasteiger partial charge in [0, 0.05) is 11.1 Å². The zero-order valence-electron chi connectivity index (χ0n) is 9.88. The zero-order valence-corrected chi connectivity index (χ0v) is 10.6. The molecule has 1 nitrogen and oxygen atoms in total. The van der Waals surface area contributed by atoms with Gasteiger partial charge in [0.05, 0.1) is 0 Å². The van der Waals surface area contributed by atoms with Gasteiger partial charge in [-0.1, -0.05) is 37.1 Å². The molecule has 0 amide bonds. The molecular formula is C14H20ClN. The third-order valence-corrected chi connectivity index (χ3v) is 3.74. The Morgan fingerprint density at radius 3 is 2.69 bits per heavy atom.